The summed E-state index contributed by atoms with van der Waals surface area (Å²) in [6.07, 6.45) is 3.77. The molecule has 1 fully saturated rings. The second-order valence-corrected chi connectivity index (χ2v) is 4.05. The van der Waals surface area contributed by atoms with Crippen LogP contribution in [0.25, 0.3) is 0 Å². The molecule has 1 aromatic heterocycles. The highest BCUT2D eigenvalue weighted by atomic mass is 35.5. The molecule has 2 rings (SSSR count). The Morgan fingerprint density at radius 2 is 2.50 bits per heavy atom. The second-order valence-electron chi connectivity index (χ2n) is 3.67. The summed E-state index contributed by atoms with van der Waals surface area (Å²) in [6, 6.07) is 0. The van der Waals surface area contributed by atoms with Crippen LogP contribution >= 0.6 is 11.6 Å². The molecule has 0 saturated carbocycles. The molecule has 1 N–H and O–H groups in total. The van der Waals surface area contributed by atoms with Gasteiger partial charge in [0.05, 0.1) is 19.0 Å². The van der Waals surface area contributed by atoms with Crippen LogP contribution in [0.3, 0.4) is 0 Å². The van der Waals surface area contributed by atoms with Gasteiger partial charge in [-0.05, 0) is 6.42 Å². The maximum Gasteiger partial charge on any atom is 0.271 e. The molecule has 5 nitrogen and oxygen atoms in total. The SMILES string of the molecule is O=C(NCC1CCOC1)c1cncc(Cl)n1. The van der Waals surface area contributed by atoms with E-state index in [2.05, 4.69) is 15.3 Å². The number of ether oxygens (including phenoxy) is 1. The molecular weight excluding hydrogens is 230 g/mol. The summed E-state index contributed by atoms with van der Waals surface area (Å²) >= 11 is 5.64. The van der Waals surface area contributed by atoms with Crippen LogP contribution in [-0.2, 0) is 4.74 Å². The highest BCUT2D eigenvalue weighted by molar-refractivity contribution is 6.29. The first-order chi connectivity index (χ1) is 7.75. The Morgan fingerprint density at radius 3 is 3.19 bits per heavy atom. The van der Waals surface area contributed by atoms with Crippen molar-refractivity contribution < 1.29 is 9.53 Å². The van der Waals surface area contributed by atoms with Crippen molar-refractivity contribution in [2.75, 3.05) is 19.8 Å². The number of nitrogens with zero attached hydrogens (tertiary/aromatic N) is 2. The standard InChI is InChI=1S/C10H12ClN3O2/c11-9-5-12-4-8(14-9)10(15)13-3-7-1-2-16-6-7/h4-5,7H,1-3,6H2,(H,13,15). The van der Waals surface area contributed by atoms with Gasteiger partial charge in [-0.1, -0.05) is 11.6 Å². The van der Waals surface area contributed by atoms with Crippen molar-refractivity contribution >= 4 is 17.5 Å². The van der Waals surface area contributed by atoms with Crippen molar-refractivity contribution in [3.8, 4) is 0 Å². The summed E-state index contributed by atoms with van der Waals surface area (Å²) in [5, 5.41) is 3.01. The van der Waals surface area contributed by atoms with Gasteiger partial charge in [-0.15, -0.1) is 0 Å². The maximum atomic E-state index is 11.6. The fourth-order valence-electron chi connectivity index (χ4n) is 1.52. The van der Waals surface area contributed by atoms with Gasteiger partial charge in [0.25, 0.3) is 5.91 Å². The lowest BCUT2D eigenvalue weighted by Gasteiger charge is -2.08. The van der Waals surface area contributed by atoms with Crippen LogP contribution in [0.5, 0.6) is 0 Å². The quantitative estimate of drug-likeness (QED) is 0.854. The monoisotopic (exact) mass is 241 g/mol. The number of halogens is 1. The topological polar surface area (TPSA) is 64.1 Å². The number of rotatable bonds is 3. The molecule has 0 spiro atoms. The fraction of sp³-hybridized carbons (Fsp3) is 0.500. The van der Waals surface area contributed by atoms with Gasteiger partial charge in [-0.3, -0.25) is 9.78 Å². The largest absolute Gasteiger partial charge is 0.381 e. The van der Waals surface area contributed by atoms with E-state index in [-0.39, 0.29) is 16.8 Å². The lowest BCUT2D eigenvalue weighted by molar-refractivity contribution is 0.0939. The lowest BCUT2D eigenvalue weighted by Crippen LogP contribution is -2.30. The summed E-state index contributed by atoms with van der Waals surface area (Å²) in [4.78, 5) is 19.3. The van der Waals surface area contributed by atoms with Crippen LogP contribution in [-0.4, -0.2) is 35.6 Å². The number of amides is 1. The Bertz CT molecular complexity index is 380. The predicted molar refractivity (Wildman–Crippen MR) is 58.3 cm³/mol. The normalized spacial score (nSPS) is 19.7. The van der Waals surface area contributed by atoms with Gasteiger partial charge in [0.15, 0.2) is 0 Å². The van der Waals surface area contributed by atoms with E-state index in [0.717, 1.165) is 13.0 Å². The Hall–Kier alpha value is -1.20. The van der Waals surface area contributed by atoms with Crippen molar-refractivity contribution in [2.24, 2.45) is 5.92 Å². The van der Waals surface area contributed by atoms with E-state index in [1.807, 2.05) is 0 Å². The molecule has 86 valence electrons. The van der Waals surface area contributed by atoms with Gasteiger partial charge in [0.2, 0.25) is 0 Å². The maximum absolute atomic E-state index is 11.6. The van der Waals surface area contributed by atoms with E-state index in [1.165, 1.54) is 12.4 Å². The molecule has 1 aliphatic rings. The van der Waals surface area contributed by atoms with Crippen LogP contribution in [0.2, 0.25) is 5.15 Å². The average Bonchev–Trinajstić information content (AvgIpc) is 2.78. The van der Waals surface area contributed by atoms with Crippen molar-refractivity contribution in [1.82, 2.24) is 15.3 Å². The molecule has 1 aliphatic heterocycles. The number of nitrogens with one attached hydrogen (secondary N) is 1. The van der Waals surface area contributed by atoms with E-state index in [0.29, 0.717) is 19.1 Å². The third-order valence-corrected chi connectivity index (χ3v) is 2.60. The first-order valence-corrected chi connectivity index (χ1v) is 5.47. The van der Waals surface area contributed by atoms with E-state index in [1.54, 1.807) is 0 Å². The Labute approximate surface area is 98.2 Å². The molecule has 1 aromatic rings. The summed E-state index contributed by atoms with van der Waals surface area (Å²) in [6.45, 7) is 2.09. The number of hydrogen-bond acceptors (Lipinski definition) is 4. The van der Waals surface area contributed by atoms with Crippen LogP contribution in [0.1, 0.15) is 16.9 Å². The van der Waals surface area contributed by atoms with Crippen molar-refractivity contribution in [2.45, 2.75) is 6.42 Å². The molecule has 1 unspecified atom stereocenters. The summed E-state index contributed by atoms with van der Waals surface area (Å²) in [5.41, 5.74) is 0.242. The minimum atomic E-state index is -0.248. The molecule has 0 radical (unpaired) electrons. The van der Waals surface area contributed by atoms with Gasteiger partial charge < -0.3 is 10.1 Å². The molecule has 0 aromatic carbocycles. The van der Waals surface area contributed by atoms with E-state index in [4.69, 9.17) is 16.3 Å². The highest BCUT2D eigenvalue weighted by Crippen LogP contribution is 2.10. The second kappa shape index (κ2) is 5.23. The van der Waals surface area contributed by atoms with Gasteiger partial charge in [0.1, 0.15) is 10.8 Å². The summed E-state index contributed by atoms with van der Waals surface area (Å²) < 4.78 is 5.21. The molecular formula is C10H12ClN3O2. The third kappa shape index (κ3) is 2.90. The number of carbonyl (C=O) groups excluding carboxylic acids is 1. The molecule has 1 amide bonds. The molecule has 6 heteroatoms. The zero-order valence-electron chi connectivity index (χ0n) is 8.65. The Morgan fingerprint density at radius 1 is 1.62 bits per heavy atom. The Balaban J connectivity index is 1.87. The lowest BCUT2D eigenvalue weighted by atomic mass is 10.1. The van der Waals surface area contributed by atoms with Crippen LogP contribution in [0, 0.1) is 5.92 Å². The van der Waals surface area contributed by atoms with Crippen LogP contribution in [0.15, 0.2) is 12.4 Å². The average molecular weight is 242 g/mol. The number of hydrogen-bond donors (Lipinski definition) is 1. The molecule has 1 atom stereocenters. The first kappa shape index (κ1) is 11.3. The van der Waals surface area contributed by atoms with Crippen LogP contribution < -0.4 is 5.32 Å². The van der Waals surface area contributed by atoms with E-state index < -0.39 is 0 Å². The van der Waals surface area contributed by atoms with Crippen molar-refractivity contribution in [1.29, 1.82) is 0 Å². The third-order valence-electron chi connectivity index (χ3n) is 2.41. The minimum Gasteiger partial charge on any atom is -0.381 e. The smallest absolute Gasteiger partial charge is 0.271 e. The first-order valence-electron chi connectivity index (χ1n) is 5.09. The summed E-state index contributed by atoms with van der Waals surface area (Å²) in [5.74, 6) is 0.151. The highest BCUT2D eigenvalue weighted by Gasteiger charge is 2.17. The summed E-state index contributed by atoms with van der Waals surface area (Å²) in [7, 11) is 0. The number of aromatic nitrogens is 2. The van der Waals surface area contributed by atoms with E-state index >= 15 is 0 Å². The van der Waals surface area contributed by atoms with Gasteiger partial charge >= 0.3 is 0 Å². The van der Waals surface area contributed by atoms with Gasteiger partial charge in [0, 0.05) is 19.1 Å². The molecule has 0 aliphatic carbocycles. The van der Waals surface area contributed by atoms with Gasteiger partial charge in [-0.2, -0.15) is 0 Å². The zero-order chi connectivity index (χ0) is 11.4. The fourth-order valence-corrected chi connectivity index (χ4v) is 1.67. The van der Waals surface area contributed by atoms with Crippen molar-refractivity contribution in [3.63, 3.8) is 0 Å². The molecule has 1 saturated heterocycles. The van der Waals surface area contributed by atoms with Crippen LogP contribution in [0.4, 0.5) is 0 Å². The molecule has 0 bridgehead atoms. The predicted octanol–water partition coefficient (Wildman–Crippen LogP) is 0.896. The van der Waals surface area contributed by atoms with E-state index in [9.17, 15) is 4.79 Å². The zero-order valence-corrected chi connectivity index (χ0v) is 9.41. The Kier molecular flexibility index (Phi) is 3.69. The minimum absolute atomic E-state index is 0.219. The number of carbonyl (C=O) groups is 1. The molecule has 16 heavy (non-hydrogen) atoms. The van der Waals surface area contributed by atoms with Crippen molar-refractivity contribution in [3.05, 3.63) is 23.2 Å². The molecule has 2 heterocycles. The van der Waals surface area contributed by atoms with Gasteiger partial charge in [-0.25, -0.2) is 4.98 Å².